The second kappa shape index (κ2) is 13.7. The van der Waals surface area contributed by atoms with Crippen LogP contribution in [0.2, 0.25) is 0 Å². The van der Waals surface area contributed by atoms with Crippen LogP contribution < -0.4 is 4.74 Å². The average Bonchev–Trinajstić information content (AvgIpc) is 2.88. The van der Waals surface area contributed by atoms with Crippen molar-refractivity contribution in [2.45, 2.75) is 71.2 Å². The number of aliphatic hydroxyl groups excluding tert-OH is 2. The van der Waals surface area contributed by atoms with Crippen molar-refractivity contribution in [3.63, 3.8) is 0 Å². The number of aryl methyl sites for hydroxylation is 1. The molecule has 1 unspecified atom stereocenters. The number of methoxy groups -OCH3 is 2. The molecule has 0 aliphatic carbocycles. The van der Waals surface area contributed by atoms with Gasteiger partial charge in [-0.25, -0.2) is 0 Å². The van der Waals surface area contributed by atoms with Gasteiger partial charge in [0.25, 0.3) is 0 Å². The summed E-state index contributed by atoms with van der Waals surface area (Å²) in [6.45, 7) is 8.07. The number of hydrogen-bond donors (Lipinski definition) is 2. The van der Waals surface area contributed by atoms with Gasteiger partial charge in [0, 0.05) is 6.54 Å². The van der Waals surface area contributed by atoms with Crippen LogP contribution >= 0.6 is 0 Å². The number of carbonyl (C=O) groups excluding carboxylic acids is 2. The molecule has 2 rings (SSSR count). The highest BCUT2D eigenvalue weighted by Gasteiger charge is 2.51. The van der Waals surface area contributed by atoms with Crippen LogP contribution in [0.4, 0.5) is 0 Å². The maximum absolute atomic E-state index is 13.6. The highest BCUT2D eigenvalue weighted by atomic mass is 16.6. The van der Waals surface area contributed by atoms with Crippen molar-refractivity contribution >= 4 is 11.9 Å². The molecule has 0 saturated heterocycles. The number of carbonyl (C=O) groups is 2. The van der Waals surface area contributed by atoms with E-state index in [0.29, 0.717) is 29.7 Å². The molecule has 2 aromatic rings. The van der Waals surface area contributed by atoms with Gasteiger partial charge in [0.05, 0.1) is 27.4 Å². The topological polar surface area (TPSA) is 106 Å². The first-order valence-electron chi connectivity index (χ1n) is 12.9. The first-order valence-corrected chi connectivity index (χ1v) is 12.9. The SMILES string of the molecule is COC(=O)C(CCCN(C)CCc1ccc(OC)c(C)c1)(C(=O)OC(C)(C)C)c1ccc(CO)c(CO)c1. The minimum Gasteiger partial charge on any atom is -0.496 e. The first kappa shape index (κ1) is 31.3. The predicted molar refractivity (Wildman–Crippen MR) is 146 cm³/mol. The summed E-state index contributed by atoms with van der Waals surface area (Å²) in [7, 11) is 4.91. The highest BCUT2D eigenvalue weighted by molar-refractivity contribution is 6.06. The van der Waals surface area contributed by atoms with Crippen molar-refractivity contribution in [2.75, 3.05) is 34.4 Å². The van der Waals surface area contributed by atoms with Crippen LogP contribution in [0.15, 0.2) is 36.4 Å². The van der Waals surface area contributed by atoms with E-state index in [4.69, 9.17) is 14.2 Å². The van der Waals surface area contributed by atoms with E-state index in [-0.39, 0.29) is 19.6 Å². The molecule has 0 spiro atoms. The molecule has 0 amide bonds. The zero-order valence-corrected chi connectivity index (χ0v) is 23.8. The number of rotatable bonds is 13. The van der Waals surface area contributed by atoms with Gasteiger partial charge in [-0.15, -0.1) is 0 Å². The minimum atomic E-state index is -1.71. The lowest BCUT2D eigenvalue weighted by Crippen LogP contribution is -2.48. The molecule has 0 aliphatic rings. The Hall–Kier alpha value is -2.94. The Kier molecular flexibility index (Phi) is 11.3. The molecule has 0 bridgehead atoms. The van der Waals surface area contributed by atoms with Crippen LogP contribution in [-0.4, -0.2) is 67.0 Å². The Labute approximate surface area is 226 Å². The van der Waals surface area contributed by atoms with Crippen LogP contribution in [0.1, 0.15) is 61.4 Å². The van der Waals surface area contributed by atoms with E-state index in [1.807, 2.05) is 20.0 Å². The molecule has 2 aromatic carbocycles. The van der Waals surface area contributed by atoms with Gasteiger partial charge in [-0.05, 0) is 94.4 Å². The molecule has 1 atom stereocenters. The summed E-state index contributed by atoms with van der Waals surface area (Å²) in [4.78, 5) is 29.1. The van der Waals surface area contributed by atoms with Crippen LogP contribution in [-0.2, 0) is 44.1 Å². The van der Waals surface area contributed by atoms with Gasteiger partial charge in [-0.1, -0.05) is 30.3 Å². The summed E-state index contributed by atoms with van der Waals surface area (Å²) in [5, 5.41) is 19.5. The maximum atomic E-state index is 13.6. The van der Waals surface area contributed by atoms with Crippen molar-refractivity contribution < 1.29 is 34.0 Å². The van der Waals surface area contributed by atoms with Crippen LogP contribution in [0.3, 0.4) is 0 Å². The van der Waals surface area contributed by atoms with Gasteiger partial charge in [0.15, 0.2) is 5.41 Å². The van der Waals surface area contributed by atoms with Crippen molar-refractivity contribution in [1.82, 2.24) is 4.90 Å². The third-order valence-electron chi connectivity index (χ3n) is 6.65. The van der Waals surface area contributed by atoms with Crippen molar-refractivity contribution in [2.24, 2.45) is 0 Å². The van der Waals surface area contributed by atoms with E-state index >= 15 is 0 Å². The summed E-state index contributed by atoms with van der Waals surface area (Å²) < 4.78 is 16.2. The second-order valence-electron chi connectivity index (χ2n) is 10.7. The largest absolute Gasteiger partial charge is 0.496 e. The molecule has 0 saturated carbocycles. The fourth-order valence-electron chi connectivity index (χ4n) is 4.54. The number of aliphatic hydroxyl groups is 2. The van der Waals surface area contributed by atoms with Gasteiger partial charge in [-0.2, -0.15) is 0 Å². The lowest BCUT2D eigenvalue weighted by molar-refractivity contribution is -0.172. The Morgan fingerprint density at radius 1 is 0.921 bits per heavy atom. The zero-order valence-electron chi connectivity index (χ0n) is 23.8. The van der Waals surface area contributed by atoms with E-state index in [1.165, 1.54) is 12.7 Å². The smallest absolute Gasteiger partial charge is 0.328 e. The Morgan fingerprint density at radius 2 is 1.61 bits per heavy atom. The molecular weight excluding hydrogens is 486 g/mol. The molecular formula is C30H43NO7. The number of hydrogen-bond acceptors (Lipinski definition) is 8. The van der Waals surface area contributed by atoms with Gasteiger partial charge in [0.2, 0.25) is 0 Å². The van der Waals surface area contributed by atoms with E-state index < -0.39 is 23.0 Å². The number of benzene rings is 2. The maximum Gasteiger partial charge on any atom is 0.328 e. The molecule has 2 N–H and O–H groups in total. The fraction of sp³-hybridized carbons (Fsp3) is 0.533. The summed E-state index contributed by atoms with van der Waals surface area (Å²) in [6, 6.07) is 11.0. The standard InChI is InChI=1S/C30H43NO7/c1-21-17-22(9-12-26(21)36-6)13-16-31(5)15-8-14-30(27(34)37-7,28(35)38-29(2,3)4)25-11-10-23(19-32)24(18-25)20-33/h9-12,17-18,32-33H,8,13-16,19-20H2,1-7H3. The predicted octanol–water partition coefficient (Wildman–Crippen LogP) is 3.70. The highest BCUT2D eigenvalue weighted by Crippen LogP contribution is 2.36. The molecule has 0 aromatic heterocycles. The molecule has 0 aliphatic heterocycles. The molecule has 8 nitrogen and oxygen atoms in total. The molecule has 8 heteroatoms. The van der Waals surface area contributed by atoms with E-state index in [2.05, 4.69) is 17.0 Å². The average molecular weight is 530 g/mol. The van der Waals surface area contributed by atoms with Crippen molar-refractivity contribution in [1.29, 1.82) is 0 Å². The van der Waals surface area contributed by atoms with Gasteiger partial charge >= 0.3 is 11.9 Å². The van der Waals surface area contributed by atoms with E-state index in [0.717, 1.165) is 24.3 Å². The number of ether oxygens (including phenoxy) is 3. The van der Waals surface area contributed by atoms with Gasteiger partial charge in [0.1, 0.15) is 11.4 Å². The quantitative estimate of drug-likeness (QED) is 0.299. The molecule has 0 heterocycles. The van der Waals surface area contributed by atoms with Gasteiger partial charge < -0.3 is 29.3 Å². The summed E-state index contributed by atoms with van der Waals surface area (Å²) in [5.74, 6) is -0.558. The Balaban J connectivity index is 2.28. The first-order chi connectivity index (χ1) is 17.9. The second-order valence-corrected chi connectivity index (χ2v) is 10.7. The van der Waals surface area contributed by atoms with Crippen LogP contribution in [0.5, 0.6) is 5.75 Å². The van der Waals surface area contributed by atoms with Crippen molar-refractivity contribution in [3.05, 3.63) is 64.2 Å². The summed E-state index contributed by atoms with van der Waals surface area (Å²) in [6.07, 6.45) is 1.52. The molecule has 38 heavy (non-hydrogen) atoms. The summed E-state index contributed by atoms with van der Waals surface area (Å²) >= 11 is 0. The monoisotopic (exact) mass is 529 g/mol. The fourth-order valence-corrected chi connectivity index (χ4v) is 4.54. The molecule has 0 radical (unpaired) electrons. The van der Waals surface area contributed by atoms with Gasteiger partial charge in [-0.3, -0.25) is 9.59 Å². The third kappa shape index (κ3) is 7.79. The van der Waals surface area contributed by atoms with Crippen LogP contribution in [0, 0.1) is 6.92 Å². The number of nitrogens with zero attached hydrogens (tertiary/aromatic N) is 1. The number of likely N-dealkylation sites (N-methyl/N-ethyl adjacent to an activating group) is 1. The lowest BCUT2D eigenvalue weighted by atomic mass is 9.75. The molecule has 210 valence electrons. The van der Waals surface area contributed by atoms with Crippen molar-refractivity contribution in [3.8, 4) is 5.75 Å². The van der Waals surface area contributed by atoms with Crippen LogP contribution in [0.25, 0.3) is 0 Å². The normalized spacial score (nSPS) is 13.2. The molecule has 0 fully saturated rings. The lowest BCUT2D eigenvalue weighted by Gasteiger charge is -2.33. The summed E-state index contributed by atoms with van der Waals surface area (Å²) in [5.41, 5.74) is 1.08. The van der Waals surface area contributed by atoms with E-state index in [1.54, 1.807) is 46.1 Å². The Morgan fingerprint density at radius 3 is 2.16 bits per heavy atom. The zero-order chi connectivity index (χ0) is 28.5. The number of esters is 2. The minimum absolute atomic E-state index is 0.157. The Bertz CT molecular complexity index is 1090. The third-order valence-corrected chi connectivity index (χ3v) is 6.65. The van der Waals surface area contributed by atoms with E-state index in [9.17, 15) is 19.8 Å².